The summed E-state index contributed by atoms with van der Waals surface area (Å²) in [5.74, 6) is 1.09. The molecule has 5 heteroatoms. The number of rotatable bonds is 6. The van der Waals surface area contributed by atoms with Crippen LogP contribution in [0.2, 0.25) is 0 Å². The van der Waals surface area contributed by atoms with Gasteiger partial charge in [0.05, 0.1) is 17.7 Å². The molecule has 2 aromatic rings. The largest absolute Gasteiger partial charge is 0.334 e. The van der Waals surface area contributed by atoms with Crippen molar-refractivity contribution in [3.05, 3.63) is 34.8 Å². The molecule has 0 aliphatic rings. The van der Waals surface area contributed by atoms with Gasteiger partial charge in [-0.3, -0.25) is 0 Å². The van der Waals surface area contributed by atoms with Gasteiger partial charge in [-0.15, -0.1) is 11.3 Å². The Morgan fingerprint density at radius 2 is 2.31 bits per heavy atom. The first kappa shape index (κ1) is 11.3. The summed E-state index contributed by atoms with van der Waals surface area (Å²) in [7, 11) is 0. The zero-order chi connectivity index (χ0) is 11.2. The molecule has 0 atom stereocenters. The third kappa shape index (κ3) is 2.90. The van der Waals surface area contributed by atoms with Crippen LogP contribution in [0.5, 0.6) is 0 Å². The van der Waals surface area contributed by atoms with E-state index in [4.69, 9.17) is 0 Å². The van der Waals surface area contributed by atoms with Crippen molar-refractivity contribution in [1.29, 1.82) is 0 Å². The predicted octanol–water partition coefficient (Wildman–Crippen LogP) is 2.04. The molecule has 0 saturated carbocycles. The second kappa shape index (κ2) is 5.77. The molecule has 0 unspecified atom stereocenters. The maximum Gasteiger partial charge on any atom is 0.122 e. The second-order valence-corrected chi connectivity index (χ2v) is 4.34. The molecule has 0 radical (unpaired) electrons. The number of hydrogen-bond donors (Lipinski definition) is 1. The Hall–Kier alpha value is -1.20. The average Bonchev–Trinajstić information content (AvgIpc) is 2.91. The SMILES string of the molecule is CCCn1ccnc1CNCc1cscn1. The van der Waals surface area contributed by atoms with Crippen molar-refractivity contribution >= 4 is 11.3 Å². The molecule has 0 aliphatic carbocycles. The van der Waals surface area contributed by atoms with Gasteiger partial charge < -0.3 is 9.88 Å². The summed E-state index contributed by atoms with van der Waals surface area (Å²) < 4.78 is 2.19. The molecule has 0 spiro atoms. The Balaban J connectivity index is 1.82. The lowest BCUT2D eigenvalue weighted by molar-refractivity contribution is 0.585. The standard InChI is InChI=1S/C11H16N4S/c1-2-4-15-5-3-13-11(15)7-12-6-10-8-16-9-14-10/h3,5,8-9,12H,2,4,6-7H2,1H3. The first-order valence-electron chi connectivity index (χ1n) is 5.48. The van der Waals surface area contributed by atoms with E-state index in [0.717, 1.165) is 37.6 Å². The minimum absolute atomic E-state index is 0.796. The number of hydrogen-bond acceptors (Lipinski definition) is 4. The van der Waals surface area contributed by atoms with E-state index in [1.54, 1.807) is 11.3 Å². The fourth-order valence-electron chi connectivity index (χ4n) is 1.58. The average molecular weight is 236 g/mol. The summed E-state index contributed by atoms with van der Waals surface area (Å²) >= 11 is 1.63. The van der Waals surface area contributed by atoms with Gasteiger partial charge >= 0.3 is 0 Å². The monoisotopic (exact) mass is 236 g/mol. The maximum absolute atomic E-state index is 4.34. The van der Waals surface area contributed by atoms with Crippen LogP contribution in [-0.4, -0.2) is 14.5 Å². The van der Waals surface area contributed by atoms with Crippen LogP contribution in [0.25, 0.3) is 0 Å². The molecule has 2 heterocycles. The number of nitrogens with one attached hydrogen (secondary N) is 1. The highest BCUT2D eigenvalue weighted by Gasteiger charge is 2.01. The van der Waals surface area contributed by atoms with E-state index >= 15 is 0 Å². The van der Waals surface area contributed by atoms with Crippen LogP contribution >= 0.6 is 11.3 Å². The van der Waals surface area contributed by atoms with Crippen LogP contribution in [0.15, 0.2) is 23.3 Å². The van der Waals surface area contributed by atoms with E-state index in [0.29, 0.717) is 0 Å². The van der Waals surface area contributed by atoms with Gasteiger partial charge in [-0.2, -0.15) is 0 Å². The molecule has 1 N–H and O–H groups in total. The third-order valence-electron chi connectivity index (χ3n) is 2.34. The van der Waals surface area contributed by atoms with Crippen molar-refractivity contribution in [2.45, 2.75) is 33.0 Å². The van der Waals surface area contributed by atoms with Gasteiger partial charge in [-0.05, 0) is 6.42 Å². The van der Waals surface area contributed by atoms with E-state index in [2.05, 4.69) is 32.2 Å². The van der Waals surface area contributed by atoms with Crippen molar-refractivity contribution < 1.29 is 0 Å². The minimum atomic E-state index is 0.796. The zero-order valence-electron chi connectivity index (χ0n) is 9.39. The molecule has 0 aliphatic heterocycles. The number of nitrogens with zero attached hydrogens (tertiary/aromatic N) is 3. The van der Waals surface area contributed by atoms with Crippen LogP contribution in [-0.2, 0) is 19.6 Å². The van der Waals surface area contributed by atoms with Crippen LogP contribution in [0.1, 0.15) is 24.9 Å². The summed E-state index contributed by atoms with van der Waals surface area (Å²) in [5, 5.41) is 5.41. The molecular formula is C11H16N4S. The quantitative estimate of drug-likeness (QED) is 0.834. The van der Waals surface area contributed by atoms with Crippen molar-refractivity contribution in [2.24, 2.45) is 0 Å². The van der Waals surface area contributed by atoms with Crippen LogP contribution in [0.4, 0.5) is 0 Å². The van der Waals surface area contributed by atoms with E-state index in [9.17, 15) is 0 Å². The molecule has 86 valence electrons. The van der Waals surface area contributed by atoms with Crippen molar-refractivity contribution in [3.63, 3.8) is 0 Å². The molecule has 4 nitrogen and oxygen atoms in total. The highest BCUT2D eigenvalue weighted by atomic mass is 32.1. The molecule has 2 aromatic heterocycles. The van der Waals surface area contributed by atoms with Crippen LogP contribution < -0.4 is 5.32 Å². The Bertz CT molecular complexity index is 407. The highest BCUT2D eigenvalue weighted by Crippen LogP contribution is 2.02. The summed E-state index contributed by atoms with van der Waals surface area (Å²) in [6.45, 7) is 4.81. The van der Waals surface area contributed by atoms with E-state index in [-0.39, 0.29) is 0 Å². The van der Waals surface area contributed by atoms with Gasteiger partial charge in [0, 0.05) is 30.9 Å². The summed E-state index contributed by atoms with van der Waals surface area (Å²) in [6, 6.07) is 0. The Labute approximate surface area is 99.4 Å². The van der Waals surface area contributed by atoms with E-state index in [1.165, 1.54) is 0 Å². The summed E-state index contributed by atoms with van der Waals surface area (Å²) in [5.41, 5.74) is 2.95. The first-order chi connectivity index (χ1) is 7.90. The molecule has 0 saturated heterocycles. The van der Waals surface area contributed by atoms with Crippen LogP contribution in [0.3, 0.4) is 0 Å². The highest BCUT2D eigenvalue weighted by molar-refractivity contribution is 7.07. The second-order valence-electron chi connectivity index (χ2n) is 3.62. The molecule has 0 fully saturated rings. The Morgan fingerprint density at radius 1 is 1.38 bits per heavy atom. The fourth-order valence-corrected chi connectivity index (χ4v) is 2.14. The number of thiazole rings is 1. The van der Waals surface area contributed by atoms with Crippen molar-refractivity contribution in [3.8, 4) is 0 Å². The molecule has 2 rings (SSSR count). The van der Waals surface area contributed by atoms with Crippen LogP contribution in [0, 0.1) is 0 Å². The van der Waals surface area contributed by atoms with Gasteiger partial charge in [0.15, 0.2) is 0 Å². The van der Waals surface area contributed by atoms with Gasteiger partial charge in [-0.25, -0.2) is 9.97 Å². The number of aryl methyl sites for hydroxylation is 1. The lowest BCUT2D eigenvalue weighted by atomic mass is 10.4. The van der Waals surface area contributed by atoms with E-state index in [1.807, 2.05) is 17.9 Å². The van der Waals surface area contributed by atoms with Crippen molar-refractivity contribution in [2.75, 3.05) is 0 Å². The first-order valence-corrected chi connectivity index (χ1v) is 6.42. The third-order valence-corrected chi connectivity index (χ3v) is 2.97. The minimum Gasteiger partial charge on any atom is -0.334 e. The Kier molecular flexibility index (Phi) is 4.07. The molecule has 16 heavy (non-hydrogen) atoms. The zero-order valence-corrected chi connectivity index (χ0v) is 10.2. The lowest BCUT2D eigenvalue weighted by Gasteiger charge is -2.06. The molecule has 0 bridgehead atoms. The van der Waals surface area contributed by atoms with Crippen molar-refractivity contribution in [1.82, 2.24) is 19.9 Å². The smallest absolute Gasteiger partial charge is 0.122 e. The number of aromatic nitrogens is 3. The maximum atomic E-state index is 4.34. The Morgan fingerprint density at radius 3 is 3.06 bits per heavy atom. The van der Waals surface area contributed by atoms with Gasteiger partial charge in [-0.1, -0.05) is 6.92 Å². The summed E-state index contributed by atoms with van der Waals surface area (Å²) in [4.78, 5) is 8.56. The van der Waals surface area contributed by atoms with Gasteiger partial charge in [0.1, 0.15) is 5.82 Å². The summed E-state index contributed by atoms with van der Waals surface area (Å²) in [6.07, 6.45) is 5.02. The number of imidazole rings is 1. The predicted molar refractivity (Wildman–Crippen MR) is 65.2 cm³/mol. The fraction of sp³-hybridized carbons (Fsp3) is 0.455. The van der Waals surface area contributed by atoms with Gasteiger partial charge in [0.25, 0.3) is 0 Å². The molecule has 0 amide bonds. The topological polar surface area (TPSA) is 42.7 Å². The van der Waals surface area contributed by atoms with Gasteiger partial charge in [0.2, 0.25) is 0 Å². The molecular weight excluding hydrogens is 220 g/mol. The normalized spacial score (nSPS) is 10.8. The van der Waals surface area contributed by atoms with E-state index < -0.39 is 0 Å². The molecule has 0 aromatic carbocycles. The lowest BCUT2D eigenvalue weighted by Crippen LogP contribution is -2.16.